The number of piperidine rings is 1. The minimum Gasteiger partial charge on any atom is -0.378 e. The number of aromatic nitrogens is 4. The molecule has 0 radical (unpaired) electrons. The van der Waals surface area contributed by atoms with Crippen LogP contribution in [-0.2, 0) is 16.1 Å². The maximum atomic E-state index is 12.1. The number of nitrogens with one attached hydrogen (secondary N) is 1. The fourth-order valence-electron chi connectivity index (χ4n) is 3.23. The first-order chi connectivity index (χ1) is 12.4. The summed E-state index contributed by atoms with van der Waals surface area (Å²) in [6.45, 7) is 8.77. The third kappa shape index (κ3) is 4.12. The summed E-state index contributed by atoms with van der Waals surface area (Å²) in [6, 6.07) is 2.02. The lowest BCUT2D eigenvalue weighted by Gasteiger charge is -2.34. The number of carbonyl (C=O) groups excluding carboxylic acids is 1. The summed E-state index contributed by atoms with van der Waals surface area (Å²) in [5.74, 6) is 2.07. The van der Waals surface area contributed by atoms with Crippen LogP contribution in [0, 0.1) is 11.3 Å². The summed E-state index contributed by atoms with van der Waals surface area (Å²) in [4.78, 5) is 23.1. The third-order valence-corrected chi connectivity index (χ3v) is 4.65. The van der Waals surface area contributed by atoms with Crippen molar-refractivity contribution in [1.82, 2.24) is 24.9 Å². The topological polar surface area (TPSA) is 84.7 Å². The number of hydrogen-bond donors (Lipinski definition) is 1. The minimum atomic E-state index is -0.360. The van der Waals surface area contributed by atoms with Gasteiger partial charge in [0.2, 0.25) is 5.91 Å². The van der Waals surface area contributed by atoms with Gasteiger partial charge in [0.1, 0.15) is 12.1 Å². The molecular formula is C18H28N6O2. The summed E-state index contributed by atoms with van der Waals surface area (Å²) in [5, 5.41) is 7.41. The molecule has 2 aromatic rings. The zero-order valence-corrected chi connectivity index (χ0v) is 16.0. The predicted molar refractivity (Wildman–Crippen MR) is 98.9 cm³/mol. The predicted octanol–water partition coefficient (Wildman–Crippen LogP) is 1.65. The largest absolute Gasteiger partial charge is 0.378 e. The van der Waals surface area contributed by atoms with Gasteiger partial charge >= 0.3 is 0 Å². The van der Waals surface area contributed by atoms with Crippen LogP contribution in [0.1, 0.15) is 39.3 Å². The standard InChI is InChI=1S/C18H28N6O2/c1-18(2,3)16(25)19-9-13-6-5-7-23(10-13)15-8-14(11-26-4)22-17-20-12-21-24(15)17/h8,12-13H,5-7,9-11H2,1-4H3,(H,19,25). The number of methoxy groups -OCH3 is 1. The van der Waals surface area contributed by atoms with Gasteiger partial charge in [0, 0.05) is 38.2 Å². The molecule has 0 saturated carbocycles. The number of anilines is 1. The monoisotopic (exact) mass is 360 g/mol. The highest BCUT2D eigenvalue weighted by molar-refractivity contribution is 5.81. The molecule has 2 aromatic heterocycles. The third-order valence-electron chi connectivity index (χ3n) is 4.65. The van der Waals surface area contributed by atoms with Gasteiger partial charge in [-0.25, -0.2) is 4.98 Å². The maximum absolute atomic E-state index is 12.1. The van der Waals surface area contributed by atoms with Crippen LogP contribution in [0.5, 0.6) is 0 Å². The average molecular weight is 360 g/mol. The van der Waals surface area contributed by atoms with E-state index >= 15 is 0 Å². The van der Waals surface area contributed by atoms with E-state index in [9.17, 15) is 4.79 Å². The molecule has 1 N–H and O–H groups in total. The molecule has 1 amide bonds. The number of amides is 1. The highest BCUT2D eigenvalue weighted by Crippen LogP contribution is 2.24. The van der Waals surface area contributed by atoms with Gasteiger partial charge in [-0.2, -0.15) is 14.6 Å². The van der Waals surface area contributed by atoms with Gasteiger partial charge in [0.05, 0.1) is 12.3 Å². The molecule has 8 heteroatoms. The molecule has 3 rings (SSSR count). The van der Waals surface area contributed by atoms with Crippen LogP contribution in [0.2, 0.25) is 0 Å². The van der Waals surface area contributed by atoms with Crippen molar-refractivity contribution in [3.05, 3.63) is 18.1 Å². The van der Waals surface area contributed by atoms with Crippen molar-refractivity contribution in [2.45, 2.75) is 40.2 Å². The van der Waals surface area contributed by atoms with Gasteiger partial charge in [-0.1, -0.05) is 20.8 Å². The van der Waals surface area contributed by atoms with Crippen molar-refractivity contribution >= 4 is 17.5 Å². The summed E-state index contributed by atoms with van der Waals surface area (Å²) >= 11 is 0. The van der Waals surface area contributed by atoms with Gasteiger partial charge in [-0.3, -0.25) is 4.79 Å². The molecule has 1 unspecified atom stereocenters. The average Bonchev–Trinajstić information content (AvgIpc) is 3.07. The first kappa shape index (κ1) is 18.6. The van der Waals surface area contributed by atoms with Crippen molar-refractivity contribution in [2.75, 3.05) is 31.6 Å². The Labute approximate surface area is 154 Å². The van der Waals surface area contributed by atoms with E-state index in [-0.39, 0.29) is 11.3 Å². The Kier molecular flexibility index (Phi) is 5.41. The molecule has 0 spiro atoms. The van der Waals surface area contributed by atoms with Crippen LogP contribution in [0.25, 0.3) is 5.78 Å². The Balaban J connectivity index is 1.74. The molecule has 1 aliphatic heterocycles. The fourth-order valence-corrected chi connectivity index (χ4v) is 3.23. The number of rotatable bonds is 5. The molecule has 1 aliphatic rings. The summed E-state index contributed by atoms with van der Waals surface area (Å²) < 4.78 is 7.00. The van der Waals surface area contributed by atoms with E-state index in [1.165, 1.54) is 6.33 Å². The van der Waals surface area contributed by atoms with Crippen molar-refractivity contribution in [3.63, 3.8) is 0 Å². The molecule has 1 atom stereocenters. The van der Waals surface area contributed by atoms with Crippen molar-refractivity contribution < 1.29 is 9.53 Å². The van der Waals surface area contributed by atoms with Crippen molar-refractivity contribution in [1.29, 1.82) is 0 Å². The second kappa shape index (κ2) is 7.57. The Morgan fingerprint density at radius 1 is 1.42 bits per heavy atom. The second-order valence-corrected chi connectivity index (χ2v) is 7.92. The minimum absolute atomic E-state index is 0.0968. The van der Waals surface area contributed by atoms with Crippen LogP contribution in [0.4, 0.5) is 5.82 Å². The Hall–Kier alpha value is -2.22. The lowest BCUT2D eigenvalue weighted by molar-refractivity contribution is -0.128. The van der Waals surface area contributed by atoms with E-state index in [0.717, 1.165) is 37.4 Å². The van der Waals surface area contributed by atoms with E-state index < -0.39 is 0 Å². The number of hydrogen-bond acceptors (Lipinski definition) is 6. The van der Waals surface area contributed by atoms with Crippen molar-refractivity contribution in [3.8, 4) is 0 Å². The quantitative estimate of drug-likeness (QED) is 0.873. The summed E-state index contributed by atoms with van der Waals surface area (Å²) in [7, 11) is 1.66. The van der Waals surface area contributed by atoms with E-state index in [2.05, 4.69) is 25.3 Å². The number of ether oxygens (including phenoxy) is 1. The highest BCUT2D eigenvalue weighted by Gasteiger charge is 2.26. The van der Waals surface area contributed by atoms with Gasteiger partial charge in [0.15, 0.2) is 0 Å². The number of nitrogens with zero attached hydrogens (tertiary/aromatic N) is 5. The summed E-state index contributed by atoms with van der Waals surface area (Å²) in [5.41, 5.74) is 0.479. The van der Waals surface area contributed by atoms with Gasteiger partial charge < -0.3 is 15.0 Å². The van der Waals surface area contributed by atoms with E-state index in [1.807, 2.05) is 26.8 Å². The zero-order chi connectivity index (χ0) is 18.7. The lowest BCUT2D eigenvalue weighted by atomic mass is 9.94. The molecule has 0 aromatic carbocycles. The van der Waals surface area contributed by atoms with E-state index in [1.54, 1.807) is 11.6 Å². The molecule has 8 nitrogen and oxygen atoms in total. The molecule has 3 heterocycles. The maximum Gasteiger partial charge on any atom is 0.254 e. The Morgan fingerprint density at radius 3 is 2.96 bits per heavy atom. The normalized spacial score (nSPS) is 18.3. The molecule has 0 aliphatic carbocycles. The Morgan fingerprint density at radius 2 is 2.23 bits per heavy atom. The van der Waals surface area contributed by atoms with Crippen LogP contribution in [0.3, 0.4) is 0 Å². The van der Waals surface area contributed by atoms with Crippen molar-refractivity contribution in [2.24, 2.45) is 11.3 Å². The molecular weight excluding hydrogens is 332 g/mol. The first-order valence-electron chi connectivity index (χ1n) is 9.10. The number of carbonyl (C=O) groups is 1. The second-order valence-electron chi connectivity index (χ2n) is 7.92. The fraction of sp³-hybridized carbons (Fsp3) is 0.667. The lowest BCUT2D eigenvalue weighted by Crippen LogP contribution is -2.44. The van der Waals surface area contributed by atoms with Crippen LogP contribution in [0.15, 0.2) is 12.4 Å². The first-order valence-corrected chi connectivity index (χ1v) is 9.10. The van der Waals surface area contributed by atoms with Crippen LogP contribution < -0.4 is 10.2 Å². The van der Waals surface area contributed by atoms with Crippen LogP contribution in [-0.4, -0.2) is 52.2 Å². The summed E-state index contributed by atoms with van der Waals surface area (Å²) in [6.07, 6.45) is 3.71. The SMILES string of the molecule is COCc1cc(N2CCCC(CNC(=O)C(C)(C)C)C2)n2ncnc2n1. The number of fused-ring (bicyclic) bond motifs is 1. The van der Waals surface area contributed by atoms with Gasteiger partial charge in [0.25, 0.3) is 5.78 Å². The van der Waals surface area contributed by atoms with E-state index in [4.69, 9.17) is 4.74 Å². The molecule has 0 bridgehead atoms. The zero-order valence-electron chi connectivity index (χ0n) is 16.0. The van der Waals surface area contributed by atoms with Gasteiger partial charge in [-0.15, -0.1) is 0 Å². The van der Waals surface area contributed by atoms with Gasteiger partial charge in [-0.05, 0) is 18.8 Å². The molecule has 142 valence electrons. The molecule has 1 fully saturated rings. The highest BCUT2D eigenvalue weighted by atomic mass is 16.5. The van der Waals surface area contributed by atoms with Crippen LogP contribution >= 0.6 is 0 Å². The molecule has 1 saturated heterocycles. The van der Waals surface area contributed by atoms with E-state index in [0.29, 0.717) is 24.8 Å². The smallest absolute Gasteiger partial charge is 0.254 e. The molecule has 26 heavy (non-hydrogen) atoms. The Bertz CT molecular complexity index is 767.